The minimum absolute atomic E-state index is 0.0511. The van der Waals surface area contributed by atoms with E-state index in [2.05, 4.69) is 10.1 Å². The third kappa shape index (κ3) is 3.55. The summed E-state index contributed by atoms with van der Waals surface area (Å²) in [4.78, 5) is 4.53. The molecule has 20 heavy (non-hydrogen) atoms. The third-order valence-electron chi connectivity index (χ3n) is 4.53. The Balaban J connectivity index is 1.57. The van der Waals surface area contributed by atoms with Crippen molar-refractivity contribution in [3.8, 4) is 0 Å². The van der Waals surface area contributed by atoms with Crippen LogP contribution >= 0.6 is 11.8 Å². The molecule has 2 atom stereocenters. The maximum Gasteiger partial charge on any atom is 0.232 e. The summed E-state index contributed by atoms with van der Waals surface area (Å²) in [6.07, 6.45) is 10.4. The highest BCUT2D eigenvalue weighted by atomic mass is 32.2. The molecule has 0 aliphatic heterocycles. The van der Waals surface area contributed by atoms with E-state index in [9.17, 15) is 5.11 Å². The zero-order valence-corrected chi connectivity index (χ0v) is 12.8. The van der Waals surface area contributed by atoms with Crippen LogP contribution in [0.25, 0.3) is 0 Å². The van der Waals surface area contributed by atoms with Crippen molar-refractivity contribution in [3.63, 3.8) is 0 Å². The molecular formula is C15H24N2O2S. The predicted molar refractivity (Wildman–Crippen MR) is 79.7 cm³/mol. The number of nitrogens with zero attached hydrogens (tertiary/aromatic N) is 2. The van der Waals surface area contributed by atoms with Crippen LogP contribution in [0.2, 0.25) is 0 Å². The summed E-state index contributed by atoms with van der Waals surface area (Å²) in [6, 6.07) is 0. The van der Waals surface area contributed by atoms with Crippen molar-refractivity contribution < 1.29 is 9.63 Å². The van der Waals surface area contributed by atoms with E-state index in [1.54, 1.807) is 0 Å². The first-order valence-electron chi connectivity index (χ1n) is 7.95. The van der Waals surface area contributed by atoms with E-state index in [1.165, 1.54) is 32.1 Å². The van der Waals surface area contributed by atoms with Gasteiger partial charge in [-0.25, -0.2) is 0 Å². The Labute approximate surface area is 124 Å². The van der Waals surface area contributed by atoms with Gasteiger partial charge in [0.1, 0.15) is 0 Å². The average molecular weight is 296 g/mol. The van der Waals surface area contributed by atoms with Crippen LogP contribution < -0.4 is 0 Å². The Morgan fingerprint density at radius 2 is 1.80 bits per heavy atom. The second-order valence-electron chi connectivity index (χ2n) is 6.08. The summed E-state index contributed by atoms with van der Waals surface area (Å²) in [5.41, 5.74) is 0. The minimum Gasteiger partial charge on any atom is -0.392 e. The number of hydrogen-bond donors (Lipinski definition) is 1. The van der Waals surface area contributed by atoms with Crippen molar-refractivity contribution in [2.45, 2.75) is 80.8 Å². The van der Waals surface area contributed by atoms with Gasteiger partial charge < -0.3 is 9.63 Å². The molecule has 2 fully saturated rings. The Hall–Kier alpha value is -0.550. The van der Waals surface area contributed by atoms with Crippen LogP contribution in [-0.4, -0.2) is 26.6 Å². The van der Waals surface area contributed by atoms with E-state index >= 15 is 0 Å². The lowest BCUT2D eigenvalue weighted by atomic mass is 9.97. The molecule has 2 unspecified atom stereocenters. The largest absolute Gasteiger partial charge is 0.392 e. The van der Waals surface area contributed by atoms with Crippen molar-refractivity contribution in [1.29, 1.82) is 0 Å². The van der Waals surface area contributed by atoms with Crippen molar-refractivity contribution >= 4 is 11.8 Å². The highest BCUT2D eigenvalue weighted by molar-refractivity contribution is 7.99. The fourth-order valence-electron chi connectivity index (χ4n) is 3.30. The summed E-state index contributed by atoms with van der Waals surface area (Å²) < 4.78 is 5.41. The van der Waals surface area contributed by atoms with Crippen LogP contribution in [0.4, 0.5) is 0 Å². The predicted octanol–water partition coefficient (Wildman–Crippen LogP) is 3.65. The highest BCUT2D eigenvalue weighted by Crippen LogP contribution is 2.33. The van der Waals surface area contributed by atoms with E-state index in [0.29, 0.717) is 5.89 Å². The van der Waals surface area contributed by atoms with Crippen molar-refractivity contribution in [1.82, 2.24) is 10.1 Å². The SMILES string of the molecule is OC1CCCCCC1c1nc(CSC2CCCC2)no1. The second kappa shape index (κ2) is 6.94. The third-order valence-corrected chi connectivity index (χ3v) is 5.90. The summed E-state index contributed by atoms with van der Waals surface area (Å²) in [5.74, 6) is 2.35. The van der Waals surface area contributed by atoms with Crippen LogP contribution in [0.15, 0.2) is 4.52 Å². The van der Waals surface area contributed by atoms with E-state index in [1.807, 2.05) is 11.8 Å². The van der Waals surface area contributed by atoms with Gasteiger partial charge in [-0.2, -0.15) is 16.7 Å². The molecule has 2 aliphatic carbocycles. The molecule has 1 aromatic rings. The molecule has 0 radical (unpaired) electrons. The van der Waals surface area contributed by atoms with Gasteiger partial charge in [0.05, 0.1) is 17.8 Å². The smallest absolute Gasteiger partial charge is 0.232 e. The molecule has 112 valence electrons. The number of aliphatic hydroxyl groups excluding tert-OH is 1. The number of hydrogen-bond acceptors (Lipinski definition) is 5. The lowest BCUT2D eigenvalue weighted by molar-refractivity contribution is 0.119. The number of aromatic nitrogens is 2. The normalized spacial score (nSPS) is 28.6. The van der Waals surface area contributed by atoms with Gasteiger partial charge in [-0.05, 0) is 25.7 Å². The zero-order valence-electron chi connectivity index (χ0n) is 12.0. The number of rotatable bonds is 4. The Morgan fingerprint density at radius 3 is 2.65 bits per heavy atom. The molecule has 0 amide bonds. The first-order chi connectivity index (χ1) is 9.83. The van der Waals surface area contributed by atoms with E-state index in [4.69, 9.17) is 4.52 Å². The minimum atomic E-state index is -0.312. The lowest BCUT2D eigenvalue weighted by Crippen LogP contribution is -2.17. The van der Waals surface area contributed by atoms with Gasteiger partial charge >= 0.3 is 0 Å². The van der Waals surface area contributed by atoms with Crippen LogP contribution in [0.3, 0.4) is 0 Å². The van der Waals surface area contributed by atoms with Crippen molar-refractivity contribution in [2.75, 3.05) is 0 Å². The fraction of sp³-hybridized carbons (Fsp3) is 0.867. The Kier molecular flexibility index (Phi) is 4.99. The standard InChI is InChI=1S/C15H24N2O2S/c18-13-9-3-1-2-8-12(13)15-16-14(17-19-15)10-20-11-6-4-5-7-11/h11-13,18H,1-10H2. The van der Waals surface area contributed by atoms with Gasteiger partial charge in [0, 0.05) is 5.25 Å². The maximum absolute atomic E-state index is 10.2. The van der Waals surface area contributed by atoms with Crippen molar-refractivity contribution in [3.05, 3.63) is 11.7 Å². The van der Waals surface area contributed by atoms with Crippen LogP contribution in [0.5, 0.6) is 0 Å². The molecular weight excluding hydrogens is 272 g/mol. The summed E-state index contributed by atoms with van der Waals surface area (Å²) in [7, 11) is 0. The second-order valence-corrected chi connectivity index (χ2v) is 7.37. The Morgan fingerprint density at radius 1 is 1.05 bits per heavy atom. The van der Waals surface area contributed by atoms with Crippen LogP contribution in [0.1, 0.15) is 75.4 Å². The van der Waals surface area contributed by atoms with E-state index in [-0.39, 0.29) is 12.0 Å². The summed E-state index contributed by atoms with van der Waals surface area (Å²) in [6.45, 7) is 0. The zero-order chi connectivity index (χ0) is 13.8. The molecule has 0 saturated heterocycles. The molecule has 2 saturated carbocycles. The quantitative estimate of drug-likeness (QED) is 0.859. The van der Waals surface area contributed by atoms with Gasteiger partial charge in [-0.3, -0.25) is 0 Å². The maximum atomic E-state index is 10.2. The van der Waals surface area contributed by atoms with Gasteiger partial charge in [0.2, 0.25) is 5.89 Å². The van der Waals surface area contributed by atoms with E-state index in [0.717, 1.165) is 42.5 Å². The van der Waals surface area contributed by atoms with Crippen LogP contribution in [0, 0.1) is 0 Å². The lowest BCUT2D eigenvalue weighted by Gasteiger charge is -2.15. The van der Waals surface area contributed by atoms with Gasteiger partial charge in [0.25, 0.3) is 0 Å². The van der Waals surface area contributed by atoms with E-state index < -0.39 is 0 Å². The molecule has 1 aromatic heterocycles. The highest BCUT2D eigenvalue weighted by Gasteiger charge is 2.28. The molecule has 4 nitrogen and oxygen atoms in total. The molecule has 0 bridgehead atoms. The fourth-order valence-corrected chi connectivity index (χ4v) is 4.47. The van der Waals surface area contributed by atoms with Gasteiger partial charge in [0.15, 0.2) is 5.82 Å². The molecule has 2 aliphatic rings. The molecule has 1 N–H and O–H groups in total. The molecule has 0 aromatic carbocycles. The summed E-state index contributed by atoms with van der Waals surface area (Å²) >= 11 is 1.95. The molecule has 5 heteroatoms. The molecule has 0 spiro atoms. The van der Waals surface area contributed by atoms with Crippen LogP contribution in [-0.2, 0) is 5.75 Å². The summed E-state index contributed by atoms with van der Waals surface area (Å²) in [5, 5.41) is 15.1. The first-order valence-corrected chi connectivity index (χ1v) is 9.00. The number of aliphatic hydroxyl groups is 1. The number of thioether (sulfide) groups is 1. The monoisotopic (exact) mass is 296 g/mol. The van der Waals surface area contributed by atoms with Crippen molar-refractivity contribution in [2.24, 2.45) is 0 Å². The van der Waals surface area contributed by atoms with Gasteiger partial charge in [-0.15, -0.1) is 0 Å². The average Bonchev–Trinajstić information content (AvgIpc) is 3.08. The molecule has 3 rings (SSSR count). The molecule has 1 heterocycles. The Bertz CT molecular complexity index is 418. The first kappa shape index (κ1) is 14.4. The topological polar surface area (TPSA) is 59.2 Å². The van der Waals surface area contributed by atoms with Gasteiger partial charge in [-0.1, -0.05) is 37.3 Å².